The van der Waals surface area contributed by atoms with Crippen LogP contribution in [0.15, 0.2) is 18.2 Å². The van der Waals surface area contributed by atoms with Crippen molar-refractivity contribution in [2.24, 2.45) is 5.84 Å². The Hall–Kier alpha value is -0.330. The maximum atomic E-state index is 14.0. The molecule has 0 amide bonds. The van der Waals surface area contributed by atoms with Crippen molar-refractivity contribution in [2.45, 2.75) is 12.1 Å². The van der Waals surface area contributed by atoms with Gasteiger partial charge in [0.05, 0.1) is 6.04 Å². The molecule has 1 saturated heterocycles. The molecule has 1 fully saturated rings. The molecule has 0 saturated carbocycles. The van der Waals surface area contributed by atoms with E-state index >= 15 is 0 Å². The molecule has 1 aliphatic heterocycles. The quantitative estimate of drug-likeness (QED) is 0.660. The van der Waals surface area contributed by atoms with Gasteiger partial charge < -0.3 is 0 Å². The van der Waals surface area contributed by atoms with E-state index in [4.69, 9.17) is 17.4 Å². The summed E-state index contributed by atoms with van der Waals surface area (Å²) in [6.07, 6.45) is 0. The van der Waals surface area contributed by atoms with Gasteiger partial charge >= 0.3 is 0 Å². The summed E-state index contributed by atoms with van der Waals surface area (Å²) < 4.78 is 14.0. The summed E-state index contributed by atoms with van der Waals surface area (Å²) in [5.74, 6) is 7.35. The minimum atomic E-state index is -0.311. The van der Waals surface area contributed by atoms with Crippen LogP contribution < -0.4 is 11.3 Å². The van der Waals surface area contributed by atoms with Crippen molar-refractivity contribution in [3.8, 4) is 0 Å². The van der Waals surface area contributed by atoms with E-state index < -0.39 is 0 Å². The number of nitrogens with two attached hydrogens (primary N) is 1. The predicted octanol–water partition coefficient (Wildman–Crippen LogP) is 2.03. The van der Waals surface area contributed by atoms with Crippen LogP contribution in [0.1, 0.15) is 11.6 Å². The number of hydrazine groups is 1. The molecule has 1 heterocycles. The van der Waals surface area contributed by atoms with Gasteiger partial charge in [-0.1, -0.05) is 17.7 Å². The Morgan fingerprint density at radius 3 is 3.00 bits per heavy atom. The van der Waals surface area contributed by atoms with Crippen LogP contribution in [-0.2, 0) is 0 Å². The van der Waals surface area contributed by atoms with Crippen molar-refractivity contribution in [2.75, 3.05) is 25.1 Å². The summed E-state index contributed by atoms with van der Waals surface area (Å²) in [6, 6.07) is 4.69. The van der Waals surface area contributed by atoms with Gasteiger partial charge in [-0.2, -0.15) is 11.8 Å². The van der Waals surface area contributed by atoms with Gasteiger partial charge in [0.1, 0.15) is 5.82 Å². The summed E-state index contributed by atoms with van der Waals surface area (Å²) >= 11 is 7.64. The first kappa shape index (κ1) is 14.1. The fraction of sp³-hybridized carbons (Fsp3) is 0.500. The van der Waals surface area contributed by atoms with Crippen LogP contribution in [0.25, 0.3) is 0 Å². The summed E-state index contributed by atoms with van der Waals surface area (Å²) in [5.41, 5.74) is 3.31. The normalized spacial score (nSPS) is 23.0. The Labute approximate surface area is 116 Å². The van der Waals surface area contributed by atoms with E-state index in [-0.39, 0.29) is 17.9 Å². The van der Waals surface area contributed by atoms with Gasteiger partial charge in [0.25, 0.3) is 0 Å². The number of rotatable bonds is 3. The molecule has 0 radical (unpaired) electrons. The molecule has 2 atom stereocenters. The van der Waals surface area contributed by atoms with Crippen LogP contribution in [0, 0.1) is 5.82 Å². The zero-order valence-corrected chi connectivity index (χ0v) is 11.8. The van der Waals surface area contributed by atoms with E-state index in [1.165, 1.54) is 6.07 Å². The van der Waals surface area contributed by atoms with Crippen molar-refractivity contribution >= 4 is 23.4 Å². The van der Waals surface area contributed by atoms with Crippen LogP contribution in [0.4, 0.5) is 4.39 Å². The molecule has 1 aliphatic rings. The minimum Gasteiger partial charge on any atom is -0.300 e. The van der Waals surface area contributed by atoms with Crippen molar-refractivity contribution in [3.05, 3.63) is 34.6 Å². The average Bonchev–Trinajstić information content (AvgIpc) is 2.34. The van der Waals surface area contributed by atoms with Gasteiger partial charge in [0.2, 0.25) is 0 Å². The van der Waals surface area contributed by atoms with Gasteiger partial charge in [-0.15, -0.1) is 0 Å². The van der Waals surface area contributed by atoms with Crippen LogP contribution in [0.2, 0.25) is 5.02 Å². The molecule has 2 rings (SSSR count). The van der Waals surface area contributed by atoms with Gasteiger partial charge in [-0.3, -0.25) is 16.2 Å². The van der Waals surface area contributed by atoms with E-state index in [0.29, 0.717) is 10.6 Å². The van der Waals surface area contributed by atoms with Gasteiger partial charge in [0.15, 0.2) is 0 Å². The first-order valence-corrected chi connectivity index (χ1v) is 7.36. The van der Waals surface area contributed by atoms with E-state index in [1.807, 2.05) is 18.8 Å². The molecule has 0 spiro atoms. The van der Waals surface area contributed by atoms with E-state index in [1.54, 1.807) is 12.1 Å². The summed E-state index contributed by atoms with van der Waals surface area (Å²) in [6.45, 7) is 0.989. The molecule has 0 bridgehead atoms. The molecule has 0 aliphatic carbocycles. The number of likely N-dealkylation sites (N-methyl/N-ethyl adjacent to an activating group) is 1. The molecule has 6 heteroatoms. The lowest BCUT2D eigenvalue weighted by atomic mass is 9.99. The summed E-state index contributed by atoms with van der Waals surface area (Å²) in [4.78, 5) is 2.22. The number of nitrogens with zero attached hydrogens (tertiary/aromatic N) is 1. The third-order valence-electron chi connectivity index (χ3n) is 3.30. The zero-order chi connectivity index (χ0) is 13.1. The number of hydrogen-bond donors (Lipinski definition) is 2. The standard InChI is InChI=1S/C12H17ClFN3S/c1-17-4-5-18-7-11(17)12(16-15)9-3-2-8(13)6-10(9)14/h2-3,6,11-12,16H,4-5,7,15H2,1H3. The lowest BCUT2D eigenvalue weighted by Crippen LogP contribution is -2.49. The van der Waals surface area contributed by atoms with E-state index in [0.717, 1.165) is 18.1 Å². The molecular weight excluding hydrogens is 273 g/mol. The summed E-state index contributed by atoms with van der Waals surface area (Å²) in [5, 5.41) is 0.401. The Balaban J connectivity index is 2.26. The maximum Gasteiger partial charge on any atom is 0.129 e. The SMILES string of the molecule is CN1CCSCC1C(NN)c1ccc(Cl)cc1F. The maximum absolute atomic E-state index is 14.0. The van der Waals surface area contributed by atoms with Gasteiger partial charge in [-0.05, 0) is 19.2 Å². The highest BCUT2D eigenvalue weighted by Crippen LogP contribution is 2.28. The molecule has 100 valence electrons. The van der Waals surface area contributed by atoms with Gasteiger partial charge in [0, 0.05) is 34.7 Å². The second-order valence-corrected chi connectivity index (χ2v) is 6.02. The minimum absolute atomic E-state index is 0.185. The number of hydrogen-bond acceptors (Lipinski definition) is 4. The Morgan fingerprint density at radius 2 is 2.39 bits per heavy atom. The Morgan fingerprint density at radius 1 is 1.61 bits per heavy atom. The van der Waals surface area contributed by atoms with Gasteiger partial charge in [-0.25, -0.2) is 4.39 Å². The molecule has 3 N–H and O–H groups in total. The monoisotopic (exact) mass is 289 g/mol. The fourth-order valence-electron chi connectivity index (χ4n) is 2.22. The second-order valence-electron chi connectivity index (χ2n) is 4.43. The number of halogens is 2. The molecular formula is C12H17ClFN3S. The molecule has 2 unspecified atom stereocenters. The lowest BCUT2D eigenvalue weighted by Gasteiger charge is -2.37. The number of nitrogens with one attached hydrogen (secondary N) is 1. The fourth-order valence-corrected chi connectivity index (χ4v) is 3.65. The van der Waals surface area contributed by atoms with Crippen LogP contribution >= 0.6 is 23.4 Å². The van der Waals surface area contributed by atoms with Crippen molar-refractivity contribution < 1.29 is 4.39 Å². The number of thioether (sulfide) groups is 1. The Bertz CT molecular complexity index is 418. The lowest BCUT2D eigenvalue weighted by molar-refractivity contribution is 0.214. The molecule has 0 aromatic heterocycles. The largest absolute Gasteiger partial charge is 0.300 e. The highest BCUT2D eigenvalue weighted by Gasteiger charge is 2.30. The highest BCUT2D eigenvalue weighted by molar-refractivity contribution is 7.99. The predicted molar refractivity (Wildman–Crippen MR) is 75.2 cm³/mol. The summed E-state index contributed by atoms with van der Waals surface area (Å²) in [7, 11) is 2.04. The zero-order valence-electron chi connectivity index (χ0n) is 10.2. The van der Waals surface area contributed by atoms with Crippen LogP contribution in [0.3, 0.4) is 0 Å². The van der Waals surface area contributed by atoms with E-state index in [2.05, 4.69) is 10.3 Å². The highest BCUT2D eigenvalue weighted by atomic mass is 35.5. The first-order chi connectivity index (χ1) is 8.63. The van der Waals surface area contributed by atoms with Crippen molar-refractivity contribution in [3.63, 3.8) is 0 Å². The third-order valence-corrected chi connectivity index (χ3v) is 4.59. The number of benzene rings is 1. The second kappa shape index (κ2) is 6.21. The average molecular weight is 290 g/mol. The third kappa shape index (κ3) is 2.97. The van der Waals surface area contributed by atoms with Crippen LogP contribution in [0.5, 0.6) is 0 Å². The molecule has 3 nitrogen and oxygen atoms in total. The van der Waals surface area contributed by atoms with E-state index in [9.17, 15) is 4.39 Å². The molecule has 18 heavy (non-hydrogen) atoms. The smallest absolute Gasteiger partial charge is 0.129 e. The topological polar surface area (TPSA) is 41.3 Å². The van der Waals surface area contributed by atoms with Crippen molar-refractivity contribution in [1.82, 2.24) is 10.3 Å². The first-order valence-electron chi connectivity index (χ1n) is 5.82. The Kier molecular flexibility index (Phi) is 4.86. The molecule has 1 aromatic rings. The van der Waals surface area contributed by atoms with Crippen LogP contribution in [-0.4, -0.2) is 36.0 Å². The van der Waals surface area contributed by atoms with Crippen molar-refractivity contribution in [1.29, 1.82) is 0 Å². The molecule has 1 aromatic carbocycles.